The molecule has 6 rings (SSSR count). The van der Waals surface area contributed by atoms with Crippen molar-refractivity contribution >= 4 is 28.5 Å². The van der Waals surface area contributed by atoms with Gasteiger partial charge in [-0.05, 0) is 19.1 Å². The van der Waals surface area contributed by atoms with Gasteiger partial charge in [-0.2, -0.15) is 5.10 Å². The quantitative estimate of drug-likeness (QED) is 0.328. The number of hydrogen-bond acceptors (Lipinski definition) is 7. The molecule has 2 amide bonds. The van der Waals surface area contributed by atoms with Gasteiger partial charge in [0.1, 0.15) is 17.9 Å². The second kappa shape index (κ2) is 8.84. The summed E-state index contributed by atoms with van der Waals surface area (Å²) in [7, 11) is 1.49. The van der Waals surface area contributed by atoms with Crippen LogP contribution in [0.25, 0.3) is 16.7 Å². The molecule has 0 saturated carbocycles. The number of aryl methyl sites for hydroxylation is 1. The number of Topliss-reactive ketones (excluding diaryl/α,β-unsaturated/α-hetero) is 1. The van der Waals surface area contributed by atoms with Gasteiger partial charge in [-0.3, -0.25) is 14.4 Å². The van der Waals surface area contributed by atoms with E-state index in [1.54, 1.807) is 11.8 Å². The summed E-state index contributed by atoms with van der Waals surface area (Å²) in [5, 5.41) is 4.77. The predicted molar refractivity (Wildman–Crippen MR) is 133 cm³/mol. The Labute approximate surface area is 212 Å². The number of ketones is 1. The minimum atomic E-state index is -0.617. The molecule has 2 aliphatic heterocycles. The van der Waals surface area contributed by atoms with Crippen molar-refractivity contribution in [2.45, 2.75) is 6.92 Å². The van der Waals surface area contributed by atoms with Crippen LogP contribution in [0.1, 0.15) is 26.5 Å². The highest BCUT2D eigenvalue weighted by Crippen LogP contribution is 2.34. The summed E-state index contributed by atoms with van der Waals surface area (Å²) < 4.78 is 6.97. The number of ether oxygens (including phenoxy) is 1. The van der Waals surface area contributed by atoms with E-state index < -0.39 is 11.7 Å². The van der Waals surface area contributed by atoms with Crippen LogP contribution in [-0.4, -0.2) is 85.4 Å². The lowest BCUT2D eigenvalue weighted by molar-refractivity contribution is -0.125. The fraction of sp³-hybridized carbons (Fsp3) is 0.308. The van der Waals surface area contributed by atoms with E-state index in [9.17, 15) is 14.4 Å². The molecule has 2 atom stereocenters. The second-order valence-electron chi connectivity index (χ2n) is 9.47. The zero-order valence-electron chi connectivity index (χ0n) is 20.4. The third-order valence-electron chi connectivity index (χ3n) is 7.22. The summed E-state index contributed by atoms with van der Waals surface area (Å²) in [5.74, 6) is 0.515. The van der Waals surface area contributed by atoms with Gasteiger partial charge in [0.2, 0.25) is 0 Å². The topological polar surface area (TPSA) is 126 Å². The summed E-state index contributed by atoms with van der Waals surface area (Å²) in [6.07, 6.45) is 4.55. The van der Waals surface area contributed by atoms with Gasteiger partial charge in [0.05, 0.1) is 29.8 Å². The van der Waals surface area contributed by atoms with Crippen LogP contribution < -0.4 is 4.74 Å². The van der Waals surface area contributed by atoms with E-state index in [4.69, 9.17) is 4.74 Å². The summed E-state index contributed by atoms with van der Waals surface area (Å²) in [6.45, 7) is 3.80. The smallest absolute Gasteiger partial charge is 0.295 e. The SMILES string of the molecule is COc1cnc(-n2cnc(C)n2)c2[nH]cc(C(=O)C(=O)N3CC4CN(C(=O)c5ccccc5)CC4C3)c12. The molecule has 1 aromatic carbocycles. The number of carbonyl (C=O) groups is 3. The van der Waals surface area contributed by atoms with E-state index in [2.05, 4.69) is 20.1 Å². The van der Waals surface area contributed by atoms with Crippen LogP contribution in [0.4, 0.5) is 0 Å². The normalized spacial score (nSPS) is 18.9. The molecular formula is C26H25N7O4. The first kappa shape index (κ1) is 22.9. The van der Waals surface area contributed by atoms with Gasteiger partial charge in [-0.1, -0.05) is 18.2 Å². The van der Waals surface area contributed by atoms with Gasteiger partial charge in [-0.15, -0.1) is 0 Å². The van der Waals surface area contributed by atoms with Crippen molar-refractivity contribution in [2.75, 3.05) is 33.3 Å². The summed E-state index contributed by atoms with van der Waals surface area (Å²) >= 11 is 0. The molecule has 4 aromatic rings. The lowest BCUT2D eigenvalue weighted by Crippen LogP contribution is -2.38. The van der Waals surface area contributed by atoms with Gasteiger partial charge >= 0.3 is 0 Å². The molecule has 5 heterocycles. The molecule has 1 N–H and O–H groups in total. The number of benzene rings is 1. The fourth-order valence-corrected chi connectivity index (χ4v) is 5.41. The molecule has 188 valence electrons. The third-order valence-corrected chi connectivity index (χ3v) is 7.22. The Balaban J connectivity index is 1.21. The maximum atomic E-state index is 13.4. The first-order valence-electron chi connectivity index (χ1n) is 12.0. The van der Waals surface area contributed by atoms with Crippen LogP contribution in [0.3, 0.4) is 0 Å². The van der Waals surface area contributed by atoms with Crippen molar-refractivity contribution in [3.8, 4) is 11.6 Å². The molecule has 2 fully saturated rings. The number of rotatable bonds is 5. The lowest BCUT2D eigenvalue weighted by Gasteiger charge is -2.21. The van der Waals surface area contributed by atoms with Crippen molar-refractivity contribution in [3.05, 3.63) is 66.0 Å². The lowest BCUT2D eigenvalue weighted by atomic mass is 10.0. The minimum Gasteiger partial charge on any atom is -0.494 e. The molecule has 11 nitrogen and oxygen atoms in total. The molecule has 2 saturated heterocycles. The molecule has 2 aliphatic rings. The number of H-pyrrole nitrogens is 1. The van der Waals surface area contributed by atoms with Gasteiger partial charge in [0.15, 0.2) is 5.82 Å². The summed E-state index contributed by atoms with van der Waals surface area (Å²) in [6, 6.07) is 9.20. The molecule has 11 heteroatoms. The third kappa shape index (κ3) is 3.83. The van der Waals surface area contributed by atoms with Gasteiger partial charge < -0.3 is 19.5 Å². The van der Waals surface area contributed by atoms with E-state index in [0.29, 0.717) is 60.0 Å². The largest absolute Gasteiger partial charge is 0.494 e. The van der Waals surface area contributed by atoms with Gasteiger partial charge in [-0.25, -0.2) is 14.6 Å². The molecule has 0 aliphatic carbocycles. The maximum absolute atomic E-state index is 13.4. The zero-order valence-corrected chi connectivity index (χ0v) is 20.4. The highest BCUT2D eigenvalue weighted by molar-refractivity contribution is 6.45. The first-order chi connectivity index (χ1) is 17.9. The highest BCUT2D eigenvalue weighted by atomic mass is 16.5. The number of amides is 2. The van der Waals surface area contributed by atoms with Crippen molar-refractivity contribution < 1.29 is 19.1 Å². The molecule has 0 bridgehead atoms. The maximum Gasteiger partial charge on any atom is 0.295 e. The number of nitrogens with one attached hydrogen (secondary N) is 1. The van der Waals surface area contributed by atoms with Crippen molar-refractivity contribution in [1.29, 1.82) is 0 Å². The summed E-state index contributed by atoms with van der Waals surface area (Å²) in [5.41, 5.74) is 1.40. The Bertz CT molecular complexity index is 1510. The van der Waals surface area contributed by atoms with Crippen LogP contribution in [0.5, 0.6) is 5.75 Å². The van der Waals surface area contributed by atoms with E-state index in [0.717, 1.165) is 0 Å². The monoisotopic (exact) mass is 499 g/mol. The van der Waals surface area contributed by atoms with Crippen LogP contribution in [-0.2, 0) is 4.79 Å². The molecule has 2 unspecified atom stereocenters. The Morgan fingerprint density at radius 2 is 1.70 bits per heavy atom. The van der Waals surface area contributed by atoms with Gasteiger partial charge in [0, 0.05) is 49.8 Å². The number of methoxy groups -OCH3 is 1. The van der Waals surface area contributed by atoms with E-state index in [-0.39, 0.29) is 23.3 Å². The number of likely N-dealkylation sites (tertiary alicyclic amines) is 2. The number of carbonyl (C=O) groups excluding carboxylic acids is 3. The number of fused-ring (bicyclic) bond motifs is 2. The Hall–Kier alpha value is -4.54. The van der Waals surface area contributed by atoms with E-state index >= 15 is 0 Å². The Morgan fingerprint density at radius 1 is 1.00 bits per heavy atom. The van der Waals surface area contributed by atoms with Crippen LogP contribution in [0.2, 0.25) is 0 Å². The average Bonchev–Trinajstić information content (AvgIpc) is 3.70. The van der Waals surface area contributed by atoms with Crippen LogP contribution in [0.15, 0.2) is 49.1 Å². The average molecular weight is 500 g/mol. The first-order valence-corrected chi connectivity index (χ1v) is 12.0. The van der Waals surface area contributed by atoms with Crippen molar-refractivity contribution in [3.63, 3.8) is 0 Å². The minimum absolute atomic E-state index is 0.00169. The van der Waals surface area contributed by atoms with Crippen LogP contribution in [0, 0.1) is 18.8 Å². The number of nitrogens with zero attached hydrogens (tertiary/aromatic N) is 6. The zero-order chi connectivity index (χ0) is 25.7. The fourth-order valence-electron chi connectivity index (χ4n) is 5.41. The molecule has 3 aromatic heterocycles. The predicted octanol–water partition coefficient (Wildman–Crippen LogP) is 1.87. The number of aromatic nitrogens is 5. The van der Waals surface area contributed by atoms with Gasteiger partial charge in [0.25, 0.3) is 17.6 Å². The Morgan fingerprint density at radius 3 is 2.35 bits per heavy atom. The van der Waals surface area contributed by atoms with Crippen molar-refractivity contribution in [1.82, 2.24) is 34.5 Å². The molecular weight excluding hydrogens is 474 g/mol. The number of pyridine rings is 1. The molecule has 0 spiro atoms. The summed E-state index contributed by atoms with van der Waals surface area (Å²) in [4.78, 5) is 54.6. The molecule has 0 radical (unpaired) electrons. The van der Waals surface area contributed by atoms with Crippen molar-refractivity contribution in [2.24, 2.45) is 11.8 Å². The Kier molecular flexibility index (Phi) is 5.47. The van der Waals surface area contributed by atoms with E-state index in [1.165, 1.54) is 30.5 Å². The number of hydrogen-bond donors (Lipinski definition) is 1. The van der Waals surface area contributed by atoms with E-state index in [1.807, 2.05) is 35.2 Å². The second-order valence-corrected chi connectivity index (χ2v) is 9.47. The molecule has 37 heavy (non-hydrogen) atoms. The highest BCUT2D eigenvalue weighted by Gasteiger charge is 2.44. The number of aromatic amines is 1. The van der Waals surface area contributed by atoms with Crippen LogP contribution >= 0.6 is 0 Å². The standard InChI is InChI=1S/C26H25N7O4/c1-15-29-14-33(30-15)24-22-21(20(37-2)9-28-24)19(8-27-22)23(34)26(36)32-12-17-10-31(11-18(17)13-32)25(35)16-6-4-3-5-7-16/h3-9,14,17-18,27H,10-13H2,1-2H3.